The molecule has 0 bridgehead atoms. The van der Waals surface area contributed by atoms with Crippen LogP contribution in [-0.2, 0) is 0 Å². The van der Waals surface area contributed by atoms with E-state index in [1.807, 2.05) is 0 Å². The molecule has 0 saturated heterocycles. The van der Waals surface area contributed by atoms with Gasteiger partial charge in [0.05, 0.1) is 10.2 Å². The summed E-state index contributed by atoms with van der Waals surface area (Å²) in [4.78, 5) is 8.51. The van der Waals surface area contributed by atoms with Crippen LogP contribution in [0.1, 0.15) is 5.01 Å². The van der Waals surface area contributed by atoms with Gasteiger partial charge in [0, 0.05) is 5.75 Å². The van der Waals surface area contributed by atoms with Crippen LogP contribution >= 0.6 is 23.1 Å². The molecular weight excluding hydrogens is 244 g/mol. The van der Waals surface area contributed by atoms with Crippen LogP contribution in [0.4, 0.5) is 0 Å². The van der Waals surface area contributed by atoms with Crippen molar-refractivity contribution in [2.45, 2.75) is 6.23 Å². The molecule has 3 rings (SSSR count). The van der Waals surface area contributed by atoms with Crippen molar-refractivity contribution in [1.29, 1.82) is 0 Å². The minimum atomic E-state index is -0.611. The highest BCUT2D eigenvalue weighted by Crippen LogP contribution is 2.30. The van der Waals surface area contributed by atoms with E-state index < -0.39 is 6.23 Å². The van der Waals surface area contributed by atoms with Gasteiger partial charge in [-0.2, -0.15) is 0 Å². The third-order valence-corrected chi connectivity index (χ3v) is 4.38. The van der Waals surface area contributed by atoms with Crippen LogP contribution in [0.2, 0.25) is 0 Å². The number of phenolic OH excluding ortho intramolecular Hbond substituents is 1. The van der Waals surface area contributed by atoms with Crippen molar-refractivity contribution >= 4 is 38.4 Å². The van der Waals surface area contributed by atoms with Gasteiger partial charge < -0.3 is 10.2 Å². The van der Waals surface area contributed by atoms with E-state index in [4.69, 9.17) is 0 Å². The summed E-state index contributed by atoms with van der Waals surface area (Å²) in [5.74, 6) is 0.833. The highest BCUT2D eigenvalue weighted by Gasteiger charge is 2.19. The first-order chi connectivity index (χ1) is 7.72. The van der Waals surface area contributed by atoms with Gasteiger partial charge in [-0.25, -0.2) is 9.98 Å². The van der Waals surface area contributed by atoms with Crippen molar-refractivity contribution < 1.29 is 10.2 Å². The SMILES string of the molecule is Oc1ccc2nc(C3=N[C@H](O)CS3)sc2c1. The zero-order chi connectivity index (χ0) is 11.1. The summed E-state index contributed by atoms with van der Waals surface area (Å²) in [5.41, 5.74) is 0.850. The minimum absolute atomic E-state index is 0.240. The highest BCUT2D eigenvalue weighted by atomic mass is 32.2. The van der Waals surface area contributed by atoms with Gasteiger partial charge in [0.15, 0.2) is 6.23 Å². The smallest absolute Gasteiger partial charge is 0.155 e. The molecule has 16 heavy (non-hydrogen) atoms. The molecule has 4 nitrogen and oxygen atoms in total. The van der Waals surface area contributed by atoms with Crippen LogP contribution in [0.25, 0.3) is 10.2 Å². The number of nitrogens with zero attached hydrogens (tertiary/aromatic N) is 2. The number of thioether (sulfide) groups is 1. The van der Waals surface area contributed by atoms with Crippen molar-refractivity contribution in [3.63, 3.8) is 0 Å². The van der Waals surface area contributed by atoms with Gasteiger partial charge in [-0.3, -0.25) is 0 Å². The second-order valence-electron chi connectivity index (χ2n) is 3.40. The van der Waals surface area contributed by atoms with Gasteiger partial charge in [-0.15, -0.1) is 11.3 Å². The monoisotopic (exact) mass is 252 g/mol. The Morgan fingerprint density at radius 3 is 3.00 bits per heavy atom. The van der Waals surface area contributed by atoms with Crippen molar-refractivity contribution in [3.8, 4) is 5.75 Å². The summed E-state index contributed by atoms with van der Waals surface area (Å²) in [6.07, 6.45) is -0.611. The molecule has 0 aliphatic carbocycles. The predicted octanol–water partition coefficient (Wildman–Crippen LogP) is 1.81. The number of hydrogen-bond acceptors (Lipinski definition) is 6. The number of aliphatic imine (C=N–C) groups is 1. The zero-order valence-electron chi connectivity index (χ0n) is 8.12. The van der Waals surface area contributed by atoms with E-state index in [0.717, 1.165) is 20.3 Å². The Bertz CT molecular complexity index is 579. The van der Waals surface area contributed by atoms with Gasteiger partial charge in [0.2, 0.25) is 0 Å². The number of aromatic hydroxyl groups is 1. The van der Waals surface area contributed by atoms with Crippen LogP contribution in [0, 0.1) is 0 Å². The maximum atomic E-state index is 9.35. The number of benzene rings is 1. The molecule has 0 radical (unpaired) electrons. The first kappa shape index (κ1) is 10.1. The molecule has 0 spiro atoms. The molecule has 1 aliphatic rings. The van der Waals surface area contributed by atoms with E-state index in [0.29, 0.717) is 5.75 Å². The first-order valence-electron chi connectivity index (χ1n) is 4.71. The van der Waals surface area contributed by atoms with E-state index in [2.05, 4.69) is 9.98 Å². The van der Waals surface area contributed by atoms with Crippen molar-refractivity contribution in [1.82, 2.24) is 4.98 Å². The molecule has 0 amide bonds. The van der Waals surface area contributed by atoms with Gasteiger partial charge >= 0.3 is 0 Å². The van der Waals surface area contributed by atoms with Crippen LogP contribution in [0.3, 0.4) is 0 Å². The Morgan fingerprint density at radius 2 is 2.25 bits per heavy atom. The van der Waals surface area contributed by atoms with Crippen LogP contribution < -0.4 is 0 Å². The largest absolute Gasteiger partial charge is 0.508 e. The van der Waals surface area contributed by atoms with Crippen molar-refractivity contribution in [2.75, 3.05) is 5.75 Å². The second-order valence-corrected chi connectivity index (χ2v) is 5.44. The quantitative estimate of drug-likeness (QED) is 0.812. The van der Waals surface area contributed by atoms with Gasteiger partial charge in [0.1, 0.15) is 15.8 Å². The Labute approximate surface area is 99.7 Å². The Balaban J connectivity index is 2.09. The minimum Gasteiger partial charge on any atom is -0.508 e. The van der Waals surface area contributed by atoms with E-state index in [1.165, 1.54) is 23.1 Å². The number of phenols is 1. The molecule has 1 aliphatic heterocycles. The van der Waals surface area contributed by atoms with Crippen LogP contribution in [0.15, 0.2) is 23.2 Å². The number of hydrogen-bond donors (Lipinski definition) is 2. The Kier molecular flexibility index (Phi) is 2.34. The van der Waals surface area contributed by atoms with E-state index in [9.17, 15) is 10.2 Å². The first-order valence-corrected chi connectivity index (χ1v) is 6.51. The summed E-state index contributed by atoms with van der Waals surface area (Å²) in [5, 5.41) is 20.3. The fourth-order valence-corrected chi connectivity index (χ4v) is 3.42. The average Bonchev–Trinajstić information content (AvgIpc) is 2.83. The molecule has 2 aromatic rings. The summed E-state index contributed by atoms with van der Waals surface area (Å²) < 4.78 is 0.930. The van der Waals surface area contributed by atoms with E-state index in [-0.39, 0.29) is 5.75 Å². The number of aromatic nitrogens is 1. The molecule has 6 heteroatoms. The third kappa shape index (κ3) is 1.68. The summed E-state index contributed by atoms with van der Waals surface area (Å²) in [7, 11) is 0. The maximum absolute atomic E-state index is 9.35. The number of aliphatic hydroxyl groups is 1. The predicted molar refractivity (Wildman–Crippen MR) is 66.3 cm³/mol. The lowest BCUT2D eigenvalue weighted by molar-refractivity contribution is 0.213. The molecule has 2 heterocycles. The van der Waals surface area contributed by atoms with Gasteiger partial charge in [-0.05, 0) is 18.2 Å². The summed E-state index contributed by atoms with van der Waals surface area (Å²) in [6, 6.07) is 5.08. The number of thiazole rings is 1. The molecule has 1 aromatic heterocycles. The van der Waals surface area contributed by atoms with E-state index in [1.54, 1.807) is 18.2 Å². The fraction of sp³-hybridized carbons (Fsp3) is 0.200. The maximum Gasteiger partial charge on any atom is 0.155 e. The molecule has 0 fully saturated rings. The summed E-state index contributed by atoms with van der Waals surface area (Å²) in [6.45, 7) is 0. The Morgan fingerprint density at radius 1 is 1.38 bits per heavy atom. The standard InChI is InChI=1S/C10H8N2O2S2/c13-5-1-2-6-7(3-5)16-10(11-6)9-12-8(14)4-15-9/h1-3,8,13-14H,4H2/t8-/m1/s1. The second kappa shape index (κ2) is 3.73. The molecule has 1 atom stereocenters. The molecule has 1 aromatic carbocycles. The molecule has 2 N–H and O–H groups in total. The molecule has 0 saturated carbocycles. The van der Waals surface area contributed by atoms with Crippen LogP contribution in [-0.4, -0.2) is 32.2 Å². The molecule has 82 valence electrons. The fourth-order valence-electron chi connectivity index (χ4n) is 1.49. The number of fused-ring (bicyclic) bond motifs is 1. The van der Waals surface area contributed by atoms with E-state index >= 15 is 0 Å². The lowest BCUT2D eigenvalue weighted by Gasteiger charge is -1.88. The highest BCUT2D eigenvalue weighted by molar-refractivity contribution is 8.15. The average molecular weight is 252 g/mol. The molecular formula is C10H8N2O2S2. The topological polar surface area (TPSA) is 65.7 Å². The summed E-state index contributed by atoms with van der Waals surface area (Å²) >= 11 is 2.99. The Hall–Kier alpha value is -1.11. The van der Waals surface area contributed by atoms with Crippen molar-refractivity contribution in [2.24, 2.45) is 4.99 Å². The molecule has 0 unspecified atom stereocenters. The number of aliphatic hydroxyl groups excluding tert-OH is 1. The van der Waals surface area contributed by atoms with Gasteiger partial charge in [-0.1, -0.05) is 11.8 Å². The lowest BCUT2D eigenvalue weighted by Crippen LogP contribution is -1.98. The normalized spacial score (nSPS) is 20.3. The van der Waals surface area contributed by atoms with Crippen LogP contribution in [0.5, 0.6) is 5.75 Å². The number of rotatable bonds is 1. The zero-order valence-corrected chi connectivity index (χ0v) is 9.75. The lowest BCUT2D eigenvalue weighted by atomic mass is 10.3. The van der Waals surface area contributed by atoms with Crippen molar-refractivity contribution in [3.05, 3.63) is 23.2 Å². The third-order valence-electron chi connectivity index (χ3n) is 2.19. The van der Waals surface area contributed by atoms with Gasteiger partial charge in [0.25, 0.3) is 0 Å².